The molecule has 7 nitrogen and oxygen atoms in total. The van der Waals surface area contributed by atoms with Crippen molar-refractivity contribution >= 4 is 15.9 Å². The average molecular weight is 422 g/mol. The minimum atomic E-state index is -3.69. The summed E-state index contributed by atoms with van der Waals surface area (Å²) in [6.07, 6.45) is 0. The number of hydrogen-bond donors (Lipinski definition) is 0. The maximum Gasteiger partial charge on any atom is 0.253 e. The molecule has 0 aliphatic carbocycles. The molecular weight excluding hydrogens is 399 g/mol. The smallest absolute Gasteiger partial charge is 0.253 e. The van der Waals surface area contributed by atoms with Crippen molar-refractivity contribution in [1.82, 2.24) is 9.21 Å². The number of nitrogens with zero attached hydrogens (tertiary/aromatic N) is 2. The summed E-state index contributed by atoms with van der Waals surface area (Å²) >= 11 is 0. The molecule has 2 aromatic carbocycles. The van der Waals surface area contributed by atoms with Crippen molar-refractivity contribution in [3.05, 3.63) is 59.9 Å². The lowest BCUT2D eigenvalue weighted by molar-refractivity contribution is 0.0730. The fraction of sp³-hybridized carbons (Fsp3) is 0.350. The predicted molar refractivity (Wildman–Crippen MR) is 105 cm³/mol. The average Bonchev–Trinajstić information content (AvgIpc) is 2.75. The topological polar surface area (TPSA) is 76.2 Å². The fourth-order valence-corrected chi connectivity index (χ4v) is 4.36. The van der Waals surface area contributed by atoms with Crippen LogP contribution in [0, 0.1) is 5.82 Å². The number of amides is 1. The number of hydrogen-bond acceptors (Lipinski definition) is 5. The minimum absolute atomic E-state index is 0.0706. The van der Waals surface area contributed by atoms with Crippen molar-refractivity contribution in [2.45, 2.75) is 4.90 Å². The zero-order valence-electron chi connectivity index (χ0n) is 16.1. The van der Waals surface area contributed by atoms with Crippen molar-refractivity contribution in [3.8, 4) is 5.75 Å². The third kappa shape index (κ3) is 5.11. The van der Waals surface area contributed by atoms with E-state index in [1.165, 1.54) is 33.5 Å². The first kappa shape index (κ1) is 21.2. The van der Waals surface area contributed by atoms with Gasteiger partial charge in [-0.2, -0.15) is 4.31 Å². The van der Waals surface area contributed by atoms with Crippen LogP contribution < -0.4 is 4.74 Å². The Kier molecular flexibility index (Phi) is 6.83. The van der Waals surface area contributed by atoms with Gasteiger partial charge in [-0.25, -0.2) is 12.8 Å². The molecule has 1 saturated heterocycles. The molecule has 0 saturated carbocycles. The molecule has 1 heterocycles. The highest BCUT2D eigenvalue weighted by Gasteiger charge is 2.27. The second kappa shape index (κ2) is 9.34. The maximum atomic E-state index is 13.6. The number of carbonyl (C=O) groups is 1. The molecule has 3 rings (SSSR count). The van der Waals surface area contributed by atoms with Crippen LogP contribution in [0.15, 0.2) is 53.4 Å². The summed E-state index contributed by atoms with van der Waals surface area (Å²) in [5.74, 6) is -0.699. The molecule has 156 valence electrons. The van der Waals surface area contributed by atoms with Crippen molar-refractivity contribution < 1.29 is 27.1 Å². The van der Waals surface area contributed by atoms with E-state index in [1.54, 1.807) is 31.3 Å². The summed E-state index contributed by atoms with van der Waals surface area (Å²) in [5.41, 5.74) is 0.257. The maximum absolute atomic E-state index is 13.6. The molecule has 0 aromatic heterocycles. The van der Waals surface area contributed by atoms with Crippen LogP contribution in [0.4, 0.5) is 4.39 Å². The number of benzene rings is 2. The fourth-order valence-electron chi connectivity index (χ4n) is 2.90. The minimum Gasteiger partial charge on any atom is -0.489 e. The number of para-hydroxylation sites is 1. The first-order chi connectivity index (χ1) is 13.9. The van der Waals surface area contributed by atoms with E-state index in [-0.39, 0.29) is 48.4 Å². The monoisotopic (exact) mass is 422 g/mol. The molecule has 29 heavy (non-hydrogen) atoms. The molecule has 0 spiro atoms. The Bertz CT molecular complexity index is 961. The van der Waals surface area contributed by atoms with E-state index in [1.807, 2.05) is 0 Å². The molecule has 0 N–H and O–H groups in total. The molecule has 0 atom stereocenters. The van der Waals surface area contributed by atoms with Gasteiger partial charge >= 0.3 is 0 Å². The number of carbonyl (C=O) groups excluding carboxylic acids is 1. The molecular formula is C20H23FN2O5S. The lowest BCUT2D eigenvalue weighted by atomic mass is 10.2. The molecule has 0 unspecified atom stereocenters. The highest BCUT2D eigenvalue weighted by Crippen LogP contribution is 2.19. The molecule has 9 heteroatoms. The van der Waals surface area contributed by atoms with Gasteiger partial charge in [0.15, 0.2) is 11.6 Å². The van der Waals surface area contributed by atoms with Gasteiger partial charge in [0.2, 0.25) is 10.0 Å². The van der Waals surface area contributed by atoms with Crippen LogP contribution in [0.2, 0.25) is 0 Å². The van der Waals surface area contributed by atoms with Gasteiger partial charge in [-0.15, -0.1) is 0 Å². The molecule has 1 amide bonds. The van der Waals surface area contributed by atoms with E-state index in [0.717, 1.165) is 0 Å². The molecule has 2 aromatic rings. The number of ether oxygens (including phenoxy) is 2. The van der Waals surface area contributed by atoms with Gasteiger partial charge in [-0.3, -0.25) is 4.79 Å². The molecule has 1 aliphatic heterocycles. The third-order valence-corrected chi connectivity index (χ3v) is 6.45. The van der Waals surface area contributed by atoms with Gasteiger partial charge in [0.25, 0.3) is 5.91 Å². The van der Waals surface area contributed by atoms with Gasteiger partial charge in [0, 0.05) is 25.7 Å². The van der Waals surface area contributed by atoms with Crippen LogP contribution in [0.5, 0.6) is 5.75 Å². The van der Waals surface area contributed by atoms with Crippen LogP contribution in [0.25, 0.3) is 0 Å². The highest BCUT2D eigenvalue weighted by molar-refractivity contribution is 7.89. The van der Waals surface area contributed by atoms with Gasteiger partial charge in [0.1, 0.15) is 6.61 Å². The summed E-state index contributed by atoms with van der Waals surface area (Å²) in [7, 11) is -2.11. The highest BCUT2D eigenvalue weighted by atomic mass is 32.2. The Morgan fingerprint density at radius 1 is 1.17 bits per heavy atom. The number of sulfonamides is 1. The quantitative estimate of drug-likeness (QED) is 0.682. The molecule has 0 bridgehead atoms. The predicted octanol–water partition coefficient (Wildman–Crippen LogP) is 2.00. The van der Waals surface area contributed by atoms with Gasteiger partial charge in [-0.05, 0) is 30.3 Å². The number of likely N-dealkylation sites (N-methyl/N-ethyl adjacent to an activating group) is 1. The first-order valence-corrected chi connectivity index (χ1v) is 10.6. The summed E-state index contributed by atoms with van der Waals surface area (Å²) in [5, 5.41) is 0. The Morgan fingerprint density at radius 3 is 2.62 bits per heavy atom. The SMILES string of the molecule is CN(CCOc1ccccc1F)C(=O)c1cccc(S(=O)(=O)N2CCOCC2)c1. The van der Waals surface area contributed by atoms with E-state index in [0.29, 0.717) is 13.2 Å². The Morgan fingerprint density at radius 2 is 1.90 bits per heavy atom. The van der Waals surface area contributed by atoms with Crippen LogP contribution in [-0.2, 0) is 14.8 Å². The third-order valence-electron chi connectivity index (χ3n) is 4.56. The van der Waals surface area contributed by atoms with Gasteiger partial charge in [0.05, 0.1) is 24.7 Å². The van der Waals surface area contributed by atoms with Crippen molar-refractivity contribution in [1.29, 1.82) is 0 Å². The van der Waals surface area contributed by atoms with E-state index in [4.69, 9.17) is 9.47 Å². The molecule has 1 fully saturated rings. The molecule has 0 radical (unpaired) electrons. The van der Waals surface area contributed by atoms with E-state index in [9.17, 15) is 17.6 Å². The number of rotatable bonds is 7. The van der Waals surface area contributed by atoms with Crippen LogP contribution in [0.1, 0.15) is 10.4 Å². The summed E-state index contributed by atoms with van der Waals surface area (Å²) in [4.78, 5) is 14.2. The van der Waals surface area contributed by atoms with Crippen LogP contribution >= 0.6 is 0 Å². The second-order valence-electron chi connectivity index (χ2n) is 6.55. The van der Waals surface area contributed by atoms with Crippen molar-refractivity contribution in [2.24, 2.45) is 0 Å². The number of halogens is 1. The second-order valence-corrected chi connectivity index (χ2v) is 8.49. The van der Waals surface area contributed by atoms with Crippen molar-refractivity contribution in [2.75, 3.05) is 46.5 Å². The lowest BCUT2D eigenvalue weighted by Crippen LogP contribution is -2.40. The Balaban J connectivity index is 1.64. The first-order valence-electron chi connectivity index (χ1n) is 9.20. The zero-order valence-corrected chi connectivity index (χ0v) is 16.9. The van der Waals surface area contributed by atoms with E-state index in [2.05, 4.69) is 0 Å². The summed E-state index contributed by atoms with van der Waals surface area (Å²) in [6, 6.07) is 12.0. The van der Waals surface area contributed by atoms with Crippen molar-refractivity contribution in [3.63, 3.8) is 0 Å². The van der Waals surface area contributed by atoms with Crippen LogP contribution in [0.3, 0.4) is 0 Å². The Hall–Kier alpha value is -2.49. The van der Waals surface area contributed by atoms with E-state index < -0.39 is 15.8 Å². The standard InChI is InChI=1S/C20H23FN2O5S/c1-22(9-14-28-19-8-3-2-7-18(19)21)20(24)16-5-4-6-17(15-16)29(25,26)23-10-12-27-13-11-23/h2-8,15H,9-14H2,1H3. The summed E-state index contributed by atoms with van der Waals surface area (Å²) < 4.78 is 51.1. The van der Waals surface area contributed by atoms with E-state index >= 15 is 0 Å². The zero-order chi connectivity index (χ0) is 20.9. The lowest BCUT2D eigenvalue weighted by Gasteiger charge is -2.26. The Labute approximate surface area is 169 Å². The normalized spacial score (nSPS) is 15.1. The van der Waals surface area contributed by atoms with Crippen LogP contribution in [-0.4, -0.2) is 70.0 Å². The summed E-state index contributed by atoms with van der Waals surface area (Å²) in [6.45, 7) is 1.59. The number of morpholine rings is 1. The van der Waals surface area contributed by atoms with Gasteiger partial charge < -0.3 is 14.4 Å². The molecule has 1 aliphatic rings. The van der Waals surface area contributed by atoms with Gasteiger partial charge in [-0.1, -0.05) is 18.2 Å². The largest absolute Gasteiger partial charge is 0.489 e.